The van der Waals surface area contributed by atoms with E-state index in [0.717, 1.165) is 5.56 Å². The molecule has 0 atom stereocenters. The van der Waals surface area contributed by atoms with Gasteiger partial charge in [0.05, 0.1) is 32.7 Å². The van der Waals surface area contributed by atoms with Gasteiger partial charge in [0.15, 0.2) is 11.5 Å². The predicted octanol–water partition coefficient (Wildman–Crippen LogP) is 3.87. The van der Waals surface area contributed by atoms with E-state index < -0.39 is 0 Å². The number of benzene rings is 2. The standard InChI is InChI=1S/C21H20N4O4/c1-27-14-5-6-15(17(26)11-14)23-21-24-16(12-20-22-8-9-25(20)21)13-4-7-18(28-2)19(10-13)29-3/h4-12,26H,1-3H3,(H,23,24). The molecule has 2 heterocycles. The van der Waals surface area contributed by atoms with Gasteiger partial charge < -0.3 is 24.6 Å². The summed E-state index contributed by atoms with van der Waals surface area (Å²) in [5.74, 6) is 2.37. The number of hydrogen-bond donors (Lipinski definition) is 2. The van der Waals surface area contributed by atoms with Gasteiger partial charge >= 0.3 is 0 Å². The number of anilines is 2. The van der Waals surface area contributed by atoms with Gasteiger partial charge in [-0.3, -0.25) is 4.40 Å². The summed E-state index contributed by atoms with van der Waals surface area (Å²) in [6, 6.07) is 12.5. The summed E-state index contributed by atoms with van der Waals surface area (Å²) in [5, 5.41) is 13.5. The zero-order chi connectivity index (χ0) is 20.4. The van der Waals surface area contributed by atoms with Crippen LogP contribution in [0.3, 0.4) is 0 Å². The zero-order valence-electron chi connectivity index (χ0n) is 16.2. The van der Waals surface area contributed by atoms with Gasteiger partial charge in [0.2, 0.25) is 5.95 Å². The Labute approximate surface area is 167 Å². The zero-order valence-corrected chi connectivity index (χ0v) is 16.2. The van der Waals surface area contributed by atoms with Crippen molar-refractivity contribution in [1.82, 2.24) is 14.4 Å². The summed E-state index contributed by atoms with van der Waals surface area (Å²) in [6.07, 6.45) is 3.48. The highest BCUT2D eigenvalue weighted by atomic mass is 16.5. The van der Waals surface area contributed by atoms with Gasteiger partial charge in [-0.25, -0.2) is 9.97 Å². The molecule has 2 aromatic carbocycles. The lowest BCUT2D eigenvalue weighted by Crippen LogP contribution is -2.03. The van der Waals surface area contributed by atoms with Crippen LogP contribution in [-0.4, -0.2) is 40.8 Å². The van der Waals surface area contributed by atoms with E-state index in [1.54, 1.807) is 50.3 Å². The first-order chi connectivity index (χ1) is 14.1. The van der Waals surface area contributed by atoms with Crippen molar-refractivity contribution in [3.05, 3.63) is 54.9 Å². The van der Waals surface area contributed by atoms with E-state index in [1.807, 2.05) is 24.3 Å². The molecule has 0 amide bonds. The molecule has 0 spiro atoms. The average Bonchev–Trinajstić information content (AvgIpc) is 3.23. The van der Waals surface area contributed by atoms with Crippen LogP contribution in [0.15, 0.2) is 54.9 Å². The van der Waals surface area contributed by atoms with Crippen LogP contribution < -0.4 is 19.5 Å². The molecule has 4 rings (SSSR count). The van der Waals surface area contributed by atoms with Crippen molar-refractivity contribution >= 4 is 17.3 Å². The van der Waals surface area contributed by atoms with Crippen molar-refractivity contribution in [2.45, 2.75) is 0 Å². The largest absolute Gasteiger partial charge is 0.506 e. The smallest absolute Gasteiger partial charge is 0.213 e. The predicted molar refractivity (Wildman–Crippen MR) is 109 cm³/mol. The van der Waals surface area contributed by atoms with Crippen LogP contribution >= 0.6 is 0 Å². The lowest BCUT2D eigenvalue weighted by Gasteiger charge is -2.13. The van der Waals surface area contributed by atoms with Crippen LogP contribution in [0.4, 0.5) is 11.6 Å². The van der Waals surface area contributed by atoms with Gasteiger partial charge in [-0.05, 0) is 30.3 Å². The van der Waals surface area contributed by atoms with Crippen LogP contribution in [0, 0.1) is 0 Å². The highest BCUT2D eigenvalue weighted by molar-refractivity contribution is 5.71. The summed E-state index contributed by atoms with van der Waals surface area (Å²) < 4.78 is 17.6. The third kappa shape index (κ3) is 3.47. The Bertz CT molecular complexity index is 1170. The molecule has 29 heavy (non-hydrogen) atoms. The number of phenolic OH excluding ortho intramolecular Hbond substituents is 1. The van der Waals surface area contributed by atoms with Crippen LogP contribution in [0.5, 0.6) is 23.0 Å². The van der Waals surface area contributed by atoms with Gasteiger partial charge in [0, 0.05) is 30.1 Å². The SMILES string of the molecule is COc1ccc(Nc2nc(-c3ccc(OC)c(OC)c3)cc3nccn23)c(O)c1. The molecule has 0 fully saturated rings. The van der Waals surface area contributed by atoms with Gasteiger partial charge in [0.25, 0.3) is 0 Å². The highest BCUT2D eigenvalue weighted by Crippen LogP contribution is 2.34. The second-order valence-electron chi connectivity index (χ2n) is 6.20. The number of hydrogen-bond acceptors (Lipinski definition) is 7. The Morgan fingerprint density at radius 2 is 1.76 bits per heavy atom. The van der Waals surface area contributed by atoms with Crippen molar-refractivity contribution in [2.24, 2.45) is 0 Å². The van der Waals surface area contributed by atoms with Gasteiger partial charge in [-0.2, -0.15) is 0 Å². The second-order valence-corrected chi connectivity index (χ2v) is 6.20. The molecule has 0 aliphatic heterocycles. The Balaban J connectivity index is 1.79. The molecule has 0 saturated carbocycles. The Kier molecular flexibility index (Phi) is 4.82. The lowest BCUT2D eigenvalue weighted by molar-refractivity contribution is 0.355. The van der Waals surface area contributed by atoms with Crippen LogP contribution in [0.25, 0.3) is 16.9 Å². The molecule has 0 bridgehead atoms. The maximum Gasteiger partial charge on any atom is 0.213 e. The molecule has 148 valence electrons. The number of aromatic hydroxyl groups is 1. The van der Waals surface area contributed by atoms with E-state index in [-0.39, 0.29) is 5.75 Å². The normalized spacial score (nSPS) is 10.7. The van der Waals surface area contributed by atoms with Gasteiger partial charge in [0.1, 0.15) is 17.1 Å². The number of imidazole rings is 1. The number of fused-ring (bicyclic) bond motifs is 1. The number of aromatic nitrogens is 3. The van der Waals surface area contributed by atoms with Crippen LogP contribution in [0.1, 0.15) is 0 Å². The number of ether oxygens (including phenoxy) is 3. The number of phenols is 1. The Hall–Kier alpha value is -3.94. The topological polar surface area (TPSA) is 90.1 Å². The van der Waals surface area contributed by atoms with Crippen molar-refractivity contribution in [2.75, 3.05) is 26.6 Å². The number of methoxy groups -OCH3 is 3. The minimum atomic E-state index is 0.0518. The molecule has 2 N–H and O–H groups in total. The molecule has 4 aromatic rings. The highest BCUT2D eigenvalue weighted by Gasteiger charge is 2.13. The number of nitrogens with one attached hydrogen (secondary N) is 1. The first kappa shape index (κ1) is 18.4. The molecular formula is C21H20N4O4. The molecule has 8 heteroatoms. The summed E-state index contributed by atoms with van der Waals surface area (Å²) in [5.41, 5.74) is 2.74. The van der Waals surface area contributed by atoms with E-state index in [0.29, 0.717) is 40.2 Å². The van der Waals surface area contributed by atoms with E-state index in [4.69, 9.17) is 19.2 Å². The summed E-state index contributed by atoms with van der Waals surface area (Å²) >= 11 is 0. The number of nitrogens with zero attached hydrogens (tertiary/aromatic N) is 3. The maximum absolute atomic E-state index is 10.3. The molecule has 0 saturated heterocycles. The summed E-state index contributed by atoms with van der Waals surface area (Å²) in [4.78, 5) is 9.10. The minimum Gasteiger partial charge on any atom is -0.506 e. The van der Waals surface area contributed by atoms with E-state index in [1.165, 1.54) is 6.07 Å². The fourth-order valence-electron chi connectivity index (χ4n) is 3.02. The summed E-state index contributed by atoms with van der Waals surface area (Å²) in [6.45, 7) is 0. The molecule has 2 aromatic heterocycles. The molecular weight excluding hydrogens is 372 g/mol. The third-order valence-corrected chi connectivity index (χ3v) is 4.52. The van der Waals surface area contributed by atoms with Crippen molar-refractivity contribution in [3.63, 3.8) is 0 Å². The first-order valence-electron chi connectivity index (χ1n) is 8.83. The monoisotopic (exact) mass is 392 g/mol. The van der Waals surface area contributed by atoms with Crippen molar-refractivity contribution in [3.8, 4) is 34.3 Å². The molecule has 0 radical (unpaired) electrons. The Morgan fingerprint density at radius 3 is 2.48 bits per heavy atom. The van der Waals surface area contributed by atoms with E-state index >= 15 is 0 Å². The first-order valence-corrected chi connectivity index (χ1v) is 8.83. The van der Waals surface area contributed by atoms with E-state index in [2.05, 4.69) is 10.3 Å². The number of rotatable bonds is 6. The third-order valence-electron chi connectivity index (χ3n) is 4.52. The lowest BCUT2D eigenvalue weighted by atomic mass is 10.1. The maximum atomic E-state index is 10.3. The van der Waals surface area contributed by atoms with Crippen LogP contribution in [0.2, 0.25) is 0 Å². The molecule has 0 aliphatic carbocycles. The average molecular weight is 392 g/mol. The minimum absolute atomic E-state index is 0.0518. The molecule has 0 aliphatic rings. The molecule has 0 unspecified atom stereocenters. The molecule has 8 nitrogen and oxygen atoms in total. The van der Waals surface area contributed by atoms with Crippen molar-refractivity contribution in [1.29, 1.82) is 0 Å². The Morgan fingerprint density at radius 1 is 0.931 bits per heavy atom. The fraction of sp³-hybridized carbons (Fsp3) is 0.143. The van der Waals surface area contributed by atoms with Crippen molar-refractivity contribution < 1.29 is 19.3 Å². The van der Waals surface area contributed by atoms with Gasteiger partial charge in [-0.1, -0.05) is 0 Å². The quantitative estimate of drug-likeness (QED) is 0.481. The second kappa shape index (κ2) is 7.59. The van der Waals surface area contributed by atoms with Crippen LogP contribution in [-0.2, 0) is 0 Å². The fourth-order valence-corrected chi connectivity index (χ4v) is 3.02. The van der Waals surface area contributed by atoms with E-state index in [9.17, 15) is 5.11 Å². The van der Waals surface area contributed by atoms with Gasteiger partial charge in [-0.15, -0.1) is 0 Å². The summed E-state index contributed by atoms with van der Waals surface area (Å²) in [7, 11) is 4.73.